The molecule has 1 aliphatic heterocycles. The third-order valence-corrected chi connectivity index (χ3v) is 6.75. The summed E-state index contributed by atoms with van der Waals surface area (Å²) in [4.78, 5) is 42.4. The molecule has 1 saturated heterocycles. The van der Waals surface area contributed by atoms with E-state index in [1.54, 1.807) is 43.1 Å². The van der Waals surface area contributed by atoms with Crippen molar-refractivity contribution in [3.63, 3.8) is 0 Å². The number of ether oxygens (including phenoxy) is 1. The van der Waals surface area contributed by atoms with Gasteiger partial charge in [0, 0.05) is 25.8 Å². The van der Waals surface area contributed by atoms with Gasteiger partial charge in [0.2, 0.25) is 0 Å². The van der Waals surface area contributed by atoms with Gasteiger partial charge in [-0.25, -0.2) is 4.79 Å². The molecule has 3 aromatic carbocycles. The molecule has 2 amide bonds. The zero-order chi connectivity index (χ0) is 25.5. The summed E-state index contributed by atoms with van der Waals surface area (Å²) in [5, 5.41) is 0. The number of benzene rings is 3. The predicted molar refractivity (Wildman–Crippen MR) is 140 cm³/mol. The average molecular weight is 485 g/mol. The molecule has 0 radical (unpaired) electrons. The van der Waals surface area contributed by atoms with Crippen LogP contribution in [0.4, 0.5) is 5.69 Å². The van der Waals surface area contributed by atoms with Gasteiger partial charge in [-0.15, -0.1) is 0 Å². The van der Waals surface area contributed by atoms with E-state index in [-0.39, 0.29) is 22.9 Å². The number of carbonyl (C=O) groups is 3. The Labute approximate surface area is 212 Å². The normalized spacial score (nSPS) is 14.7. The van der Waals surface area contributed by atoms with Crippen LogP contribution in [0.25, 0.3) is 0 Å². The average Bonchev–Trinajstić information content (AvgIpc) is 2.93. The number of hydrogen-bond acceptors (Lipinski definition) is 4. The highest BCUT2D eigenvalue weighted by atomic mass is 16.5. The minimum atomic E-state index is -0.932. The molecule has 4 rings (SSSR count). The number of hydrogen-bond donors (Lipinski definition) is 0. The summed E-state index contributed by atoms with van der Waals surface area (Å²) >= 11 is 0. The van der Waals surface area contributed by atoms with Crippen LogP contribution in [-0.4, -0.2) is 48.9 Å². The topological polar surface area (TPSA) is 66.9 Å². The molecule has 1 heterocycles. The fraction of sp³-hybridized carbons (Fsp3) is 0.300. The number of anilines is 1. The highest BCUT2D eigenvalue weighted by Crippen LogP contribution is 2.23. The Morgan fingerprint density at radius 1 is 0.861 bits per heavy atom. The van der Waals surface area contributed by atoms with Gasteiger partial charge in [0.25, 0.3) is 11.8 Å². The van der Waals surface area contributed by atoms with Gasteiger partial charge >= 0.3 is 5.97 Å². The highest BCUT2D eigenvalue weighted by molar-refractivity contribution is 6.12. The number of carbonyl (C=O) groups excluding carboxylic acids is 3. The van der Waals surface area contributed by atoms with Crippen LogP contribution in [-0.2, 0) is 16.0 Å². The van der Waals surface area contributed by atoms with Gasteiger partial charge in [0.15, 0.2) is 6.10 Å². The summed E-state index contributed by atoms with van der Waals surface area (Å²) in [5.41, 5.74) is 2.40. The first-order valence-corrected chi connectivity index (χ1v) is 12.4. The molecule has 6 heteroatoms. The fourth-order valence-corrected chi connectivity index (χ4v) is 4.63. The van der Waals surface area contributed by atoms with Gasteiger partial charge in [0.1, 0.15) is 0 Å². The molecule has 0 spiro atoms. The predicted octanol–water partition coefficient (Wildman–Crippen LogP) is 4.99. The van der Waals surface area contributed by atoms with Crippen LogP contribution in [0.3, 0.4) is 0 Å². The van der Waals surface area contributed by atoms with Crippen molar-refractivity contribution < 1.29 is 19.1 Å². The maximum absolute atomic E-state index is 13.1. The molecule has 0 aliphatic carbocycles. The third-order valence-electron chi connectivity index (χ3n) is 6.75. The standard InChI is InChI=1S/C30H32N2O4/c1-22(28(33)32-19-17-24(18-20-32)21-23-11-5-3-6-12-23)36-30(35)27-16-10-9-15-26(27)29(34)31(2)25-13-7-4-8-14-25/h3-16,22,24H,17-21H2,1-2H3. The molecule has 1 fully saturated rings. The minimum absolute atomic E-state index is 0.145. The van der Waals surface area contributed by atoms with Crippen LogP contribution in [0.1, 0.15) is 46.0 Å². The molecule has 1 unspecified atom stereocenters. The molecular formula is C30H32N2O4. The lowest BCUT2D eigenvalue weighted by molar-refractivity contribution is -0.141. The molecule has 0 N–H and O–H groups in total. The van der Waals surface area contributed by atoms with Gasteiger partial charge in [-0.3, -0.25) is 9.59 Å². The van der Waals surface area contributed by atoms with E-state index in [1.807, 2.05) is 36.4 Å². The van der Waals surface area contributed by atoms with Crippen LogP contribution in [0, 0.1) is 5.92 Å². The van der Waals surface area contributed by atoms with Crippen LogP contribution >= 0.6 is 0 Å². The van der Waals surface area contributed by atoms with Gasteiger partial charge in [0.05, 0.1) is 11.1 Å². The molecule has 0 bridgehead atoms. The highest BCUT2D eigenvalue weighted by Gasteiger charge is 2.29. The third kappa shape index (κ3) is 6.00. The van der Waals surface area contributed by atoms with Crippen molar-refractivity contribution in [3.05, 3.63) is 102 Å². The SMILES string of the molecule is CC(OC(=O)c1ccccc1C(=O)N(C)c1ccccc1)C(=O)N1CCC(Cc2ccccc2)CC1. The zero-order valence-electron chi connectivity index (χ0n) is 20.8. The second-order valence-corrected chi connectivity index (χ2v) is 9.25. The van der Waals surface area contributed by atoms with Crippen molar-refractivity contribution >= 4 is 23.5 Å². The monoisotopic (exact) mass is 484 g/mol. The first-order valence-electron chi connectivity index (χ1n) is 12.4. The van der Waals surface area contributed by atoms with Crippen LogP contribution < -0.4 is 4.90 Å². The molecule has 36 heavy (non-hydrogen) atoms. The summed E-state index contributed by atoms with van der Waals surface area (Å²) < 4.78 is 5.55. The number of rotatable bonds is 7. The van der Waals surface area contributed by atoms with Crippen LogP contribution in [0.5, 0.6) is 0 Å². The molecule has 1 atom stereocenters. The maximum atomic E-state index is 13.1. The van der Waals surface area contributed by atoms with Crippen LogP contribution in [0.2, 0.25) is 0 Å². The lowest BCUT2D eigenvalue weighted by Crippen LogP contribution is -2.44. The summed E-state index contributed by atoms with van der Waals surface area (Å²) in [7, 11) is 1.66. The summed E-state index contributed by atoms with van der Waals surface area (Å²) in [6, 6.07) is 26.1. The van der Waals surface area contributed by atoms with Gasteiger partial charge in [-0.05, 0) is 61.9 Å². The van der Waals surface area contributed by atoms with Crippen molar-refractivity contribution in [2.75, 3.05) is 25.0 Å². The van der Waals surface area contributed by atoms with Crippen molar-refractivity contribution in [3.8, 4) is 0 Å². The van der Waals surface area contributed by atoms with Crippen LogP contribution in [0.15, 0.2) is 84.9 Å². The summed E-state index contributed by atoms with van der Waals surface area (Å²) in [6.07, 6.45) is 1.92. The van der Waals surface area contributed by atoms with Crippen molar-refractivity contribution in [2.24, 2.45) is 5.92 Å². The Morgan fingerprint density at radius 2 is 1.42 bits per heavy atom. The Hall–Kier alpha value is -3.93. The van der Waals surface area contributed by atoms with E-state index in [9.17, 15) is 14.4 Å². The van der Waals surface area contributed by atoms with E-state index >= 15 is 0 Å². The second kappa shape index (κ2) is 11.7. The quantitative estimate of drug-likeness (QED) is 0.443. The number of amides is 2. The van der Waals surface area contributed by atoms with E-state index in [1.165, 1.54) is 10.5 Å². The van der Waals surface area contributed by atoms with Gasteiger partial charge in [-0.1, -0.05) is 60.7 Å². The largest absolute Gasteiger partial charge is 0.449 e. The molecular weight excluding hydrogens is 452 g/mol. The van der Waals surface area contributed by atoms with E-state index in [4.69, 9.17) is 4.74 Å². The molecule has 6 nitrogen and oxygen atoms in total. The van der Waals surface area contributed by atoms with E-state index < -0.39 is 12.1 Å². The van der Waals surface area contributed by atoms with Gasteiger partial charge < -0.3 is 14.5 Å². The molecule has 0 aromatic heterocycles. The first kappa shape index (κ1) is 25.2. The minimum Gasteiger partial charge on any atom is -0.449 e. The fourth-order valence-electron chi connectivity index (χ4n) is 4.63. The maximum Gasteiger partial charge on any atom is 0.339 e. The first-order chi connectivity index (χ1) is 17.4. The molecule has 0 saturated carbocycles. The Morgan fingerprint density at radius 3 is 2.06 bits per heavy atom. The lowest BCUT2D eigenvalue weighted by Gasteiger charge is -2.33. The molecule has 186 valence electrons. The van der Waals surface area contributed by atoms with E-state index in [0.29, 0.717) is 24.7 Å². The lowest BCUT2D eigenvalue weighted by atomic mass is 9.90. The second-order valence-electron chi connectivity index (χ2n) is 9.25. The number of para-hydroxylation sites is 1. The number of likely N-dealkylation sites (tertiary alicyclic amines) is 1. The molecule has 3 aromatic rings. The van der Waals surface area contributed by atoms with E-state index in [0.717, 1.165) is 19.3 Å². The van der Waals surface area contributed by atoms with E-state index in [2.05, 4.69) is 24.3 Å². The van der Waals surface area contributed by atoms with Crippen molar-refractivity contribution in [2.45, 2.75) is 32.3 Å². The number of nitrogens with zero attached hydrogens (tertiary/aromatic N) is 2. The number of piperidine rings is 1. The van der Waals surface area contributed by atoms with Crippen molar-refractivity contribution in [1.29, 1.82) is 0 Å². The molecule has 1 aliphatic rings. The summed E-state index contributed by atoms with van der Waals surface area (Å²) in [5.74, 6) is -0.672. The Balaban J connectivity index is 1.35. The smallest absolute Gasteiger partial charge is 0.339 e. The zero-order valence-corrected chi connectivity index (χ0v) is 20.8. The Bertz CT molecular complexity index is 1190. The Kier molecular flexibility index (Phi) is 8.16. The van der Waals surface area contributed by atoms with Crippen molar-refractivity contribution in [1.82, 2.24) is 4.90 Å². The van der Waals surface area contributed by atoms with Gasteiger partial charge in [-0.2, -0.15) is 0 Å². The number of esters is 1. The summed E-state index contributed by atoms with van der Waals surface area (Å²) in [6.45, 7) is 2.89.